The fraction of sp³-hybridized carbons (Fsp3) is 0.947. The minimum Gasteiger partial charge on any atom is -0.462 e. The lowest BCUT2D eigenvalue weighted by Gasteiger charge is -2.18. The van der Waals surface area contributed by atoms with Gasteiger partial charge in [0.1, 0.15) is 6.61 Å². The van der Waals surface area contributed by atoms with Crippen molar-refractivity contribution in [3.05, 3.63) is 0 Å². The molecule has 0 spiro atoms. The third-order valence-corrected chi connectivity index (χ3v) is 9.22. The van der Waals surface area contributed by atoms with E-state index in [1.54, 1.807) is 0 Å². The van der Waals surface area contributed by atoms with Crippen molar-refractivity contribution >= 4 is 19.8 Å². The fourth-order valence-corrected chi connectivity index (χ4v) is 6.16. The zero-order chi connectivity index (χ0) is 35.0. The zero-order valence-corrected chi connectivity index (χ0v) is 31.9. The maximum Gasteiger partial charge on any atom is 0.469 e. The van der Waals surface area contributed by atoms with Gasteiger partial charge in [-0.2, -0.15) is 0 Å². The van der Waals surface area contributed by atoms with E-state index in [0.717, 1.165) is 50.4 Å². The average molecular weight is 691 g/mol. The van der Waals surface area contributed by atoms with Crippen LogP contribution in [-0.2, 0) is 28.2 Å². The molecule has 0 radical (unpaired) electrons. The molecule has 2 N–H and O–H groups in total. The summed E-state index contributed by atoms with van der Waals surface area (Å²) in [7, 11) is -4.74. The highest BCUT2D eigenvalue weighted by Crippen LogP contribution is 2.36. The topological polar surface area (TPSA) is 119 Å². The highest BCUT2D eigenvalue weighted by molar-refractivity contribution is 7.46. The summed E-state index contributed by atoms with van der Waals surface area (Å²) in [5, 5.41) is 0. The Kier molecular flexibility index (Phi) is 31.6. The van der Waals surface area contributed by atoms with Gasteiger partial charge in [-0.3, -0.25) is 14.1 Å². The predicted octanol–water partition coefficient (Wildman–Crippen LogP) is 11.4. The van der Waals surface area contributed by atoms with Crippen LogP contribution >= 0.6 is 7.82 Å². The van der Waals surface area contributed by atoms with Crippen LogP contribution in [0.25, 0.3) is 0 Å². The number of phosphoric ester groups is 1. The molecule has 0 aromatic heterocycles. The van der Waals surface area contributed by atoms with E-state index in [2.05, 4.69) is 32.2 Å². The summed E-state index contributed by atoms with van der Waals surface area (Å²) in [4.78, 5) is 42.6. The van der Waals surface area contributed by atoms with Crippen molar-refractivity contribution in [1.82, 2.24) is 0 Å². The molecule has 0 rings (SSSR count). The standard InChI is InChI=1S/C38H75O8P/c1-34(2)28-24-20-16-13-11-9-7-5-6-8-10-12-14-18-22-26-30-37(39)44-32-36(33-45-47(41,42)43)46-38(40)31-27-23-19-15-17-21-25-29-35(3)4/h34-36H,5-33H2,1-4H3,(H2,41,42,43)/t36-/m1/s1. The van der Waals surface area contributed by atoms with Crippen LogP contribution in [0, 0.1) is 11.8 Å². The van der Waals surface area contributed by atoms with E-state index in [0.29, 0.717) is 6.42 Å². The number of rotatable bonds is 35. The molecule has 9 heteroatoms. The van der Waals surface area contributed by atoms with E-state index in [-0.39, 0.29) is 19.4 Å². The summed E-state index contributed by atoms with van der Waals surface area (Å²) in [6, 6.07) is 0. The third kappa shape index (κ3) is 37.7. The van der Waals surface area contributed by atoms with Gasteiger partial charge in [0.25, 0.3) is 0 Å². The first kappa shape index (κ1) is 46.0. The largest absolute Gasteiger partial charge is 0.469 e. The van der Waals surface area contributed by atoms with Crippen LogP contribution in [0.4, 0.5) is 0 Å². The van der Waals surface area contributed by atoms with E-state index in [1.807, 2.05) is 0 Å². The molecule has 0 aromatic carbocycles. The van der Waals surface area contributed by atoms with E-state index in [9.17, 15) is 14.2 Å². The fourth-order valence-electron chi connectivity index (χ4n) is 5.80. The van der Waals surface area contributed by atoms with Crippen molar-refractivity contribution in [2.24, 2.45) is 11.8 Å². The van der Waals surface area contributed by atoms with Gasteiger partial charge in [-0.1, -0.05) is 175 Å². The van der Waals surface area contributed by atoms with Crippen molar-refractivity contribution in [3.63, 3.8) is 0 Å². The molecule has 0 aliphatic rings. The van der Waals surface area contributed by atoms with Crippen molar-refractivity contribution in [1.29, 1.82) is 0 Å². The van der Waals surface area contributed by atoms with Gasteiger partial charge in [0.15, 0.2) is 6.10 Å². The maximum absolute atomic E-state index is 12.3. The number of phosphoric acid groups is 1. The second kappa shape index (κ2) is 32.3. The summed E-state index contributed by atoms with van der Waals surface area (Å²) < 4.78 is 26.3. The number of ether oxygens (including phenoxy) is 2. The second-order valence-electron chi connectivity index (χ2n) is 14.6. The minimum absolute atomic E-state index is 0.215. The number of hydrogen-bond donors (Lipinski definition) is 2. The van der Waals surface area contributed by atoms with Crippen LogP contribution in [0.1, 0.15) is 201 Å². The van der Waals surface area contributed by atoms with Crippen molar-refractivity contribution < 1.29 is 37.9 Å². The van der Waals surface area contributed by atoms with Gasteiger partial charge in [-0.25, -0.2) is 4.57 Å². The Morgan fingerprint density at radius 2 is 0.809 bits per heavy atom. The van der Waals surface area contributed by atoms with Crippen LogP contribution in [0.15, 0.2) is 0 Å². The molecule has 280 valence electrons. The average Bonchev–Trinajstić information content (AvgIpc) is 3.00. The molecule has 0 heterocycles. The summed E-state index contributed by atoms with van der Waals surface area (Å²) in [6.07, 6.45) is 29.9. The van der Waals surface area contributed by atoms with E-state index in [1.165, 1.54) is 116 Å². The molecule has 0 saturated heterocycles. The zero-order valence-electron chi connectivity index (χ0n) is 31.0. The molecular weight excluding hydrogens is 615 g/mol. The minimum atomic E-state index is -4.74. The molecule has 0 saturated carbocycles. The van der Waals surface area contributed by atoms with Gasteiger partial charge in [-0.05, 0) is 24.7 Å². The van der Waals surface area contributed by atoms with Gasteiger partial charge in [0.2, 0.25) is 0 Å². The van der Waals surface area contributed by atoms with Gasteiger partial charge in [-0.15, -0.1) is 0 Å². The molecule has 0 amide bonds. The smallest absolute Gasteiger partial charge is 0.462 e. The summed E-state index contributed by atoms with van der Waals surface area (Å²) >= 11 is 0. The Hall–Kier alpha value is -0.950. The van der Waals surface area contributed by atoms with Gasteiger partial charge in [0, 0.05) is 12.8 Å². The number of hydrogen-bond acceptors (Lipinski definition) is 6. The number of carbonyl (C=O) groups is 2. The number of esters is 2. The maximum atomic E-state index is 12.3. The van der Waals surface area contributed by atoms with Crippen molar-refractivity contribution in [3.8, 4) is 0 Å². The molecule has 0 aliphatic carbocycles. The van der Waals surface area contributed by atoms with Gasteiger partial charge >= 0.3 is 19.8 Å². The Bertz CT molecular complexity index is 767. The first-order valence-corrected chi connectivity index (χ1v) is 21.1. The SMILES string of the molecule is CC(C)CCCCCCCCCCCCCCCCCCC(=O)OC[C@H](COP(=O)(O)O)OC(=O)CCCCCCCCCC(C)C. The van der Waals surface area contributed by atoms with E-state index in [4.69, 9.17) is 19.3 Å². The molecule has 1 atom stereocenters. The van der Waals surface area contributed by atoms with E-state index >= 15 is 0 Å². The van der Waals surface area contributed by atoms with Crippen LogP contribution in [0.3, 0.4) is 0 Å². The van der Waals surface area contributed by atoms with Gasteiger partial charge in [0.05, 0.1) is 6.61 Å². The molecule has 0 aromatic rings. The molecule has 0 bridgehead atoms. The lowest BCUT2D eigenvalue weighted by Crippen LogP contribution is -2.29. The molecule has 0 unspecified atom stereocenters. The molecule has 47 heavy (non-hydrogen) atoms. The normalized spacial score (nSPS) is 12.6. The Balaban J connectivity index is 3.84. The highest BCUT2D eigenvalue weighted by Gasteiger charge is 2.22. The Labute approximate surface area is 289 Å². The first-order chi connectivity index (χ1) is 22.5. The third-order valence-electron chi connectivity index (χ3n) is 8.73. The monoisotopic (exact) mass is 691 g/mol. The molecule has 0 fully saturated rings. The summed E-state index contributed by atoms with van der Waals surface area (Å²) in [5.41, 5.74) is 0. The Morgan fingerprint density at radius 1 is 0.489 bits per heavy atom. The van der Waals surface area contributed by atoms with Crippen LogP contribution in [-0.4, -0.2) is 41.0 Å². The van der Waals surface area contributed by atoms with Crippen LogP contribution in [0.5, 0.6) is 0 Å². The predicted molar refractivity (Wildman–Crippen MR) is 193 cm³/mol. The summed E-state index contributed by atoms with van der Waals surface area (Å²) in [5.74, 6) is 0.719. The van der Waals surface area contributed by atoms with Crippen LogP contribution in [0.2, 0.25) is 0 Å². The quantitative estimate of drug-likeness (QED) is 0.0383. The lowest BCUT2D eigenvalue weighted by atomic mass is 10.0. The molecular formula is C38H75O8P. The van der Waals surface area contributed by atoms with Crippen molar-refractivity contribution in [2.45, 2.75) is 207 Å². The second-order valence-corrected chi connectivity index (χ2v) is 15.8. The highest BCUT2D eigenvalue weighted by atomic mass is 31.2. The van der Waals surface area contributed by atoms with Gasteiger partial charge < -0.3 is 19.3 Å². The number of carbonyl (C=O) groups excluding carboxylic acids is 2. The molecule has 0 aliphatic heterocycles. The Morgan fingerprint density at radius 3 is 1.15 bits per heavy atom. The van der Waals surface area contributed by atoms with E-state index < -0.39 is 32.5 Å². The molecule has 8 nitrogen and oxygen atoms in total. The first-order valence-electron chi connectivity index (χ1n) is 19.5. The number of unbranched alkanes of at least 4 members (excludes halogenated alkanes) is 21. The van der Waals surface area contributed by atoms with Crippen LogP contribution < -0.4 is 0 Å². The van der Waals surface area contributed by atoms with Crippen molar-refractivity contribution in [2.75, 3.05) is 13.2 Å². The lowest BCUT2D eigenvalue weighted by molar-refractivity contribution is -0.161. The summed E-state index contributed by atoms with van der Waals surface area (Å²) in [6.45, 7) is 8.30.